The van der Waals surface area contributed by atoms with E-state index in [0.717, 1.165) is 22.0 Å². The van der Waals surface area contributed by atoms with Crippen molar-refractivity contribution < 1.29 is 27.1 Å². The van der Waals surface area contributed by atoms with Gasteiger partial charge in [-0.3, -0.25) is 13.9 Å². The Labute approximate surface area is 268 Å². The van der Waals surface area contributed by atoms with Gasteiger partial charge in [0.1, 0.15) is 24.2 Å². The Morgan fingerprint density at radius 3 is 2.20 bits per heavy atom. The summed E-state index contributed by atoms with van der Waals surface area (Å²) in [5.41, 5.74) is 1.56. The van der Waals surface area contributed by atoms with E-state index in [-0.39, 0.29) is 29.5 Å². The predicted octanol–water partition coefficient (Wildman–Crippen LogP) is 5.85. The fraction of sp³-hybridized carbons (Fsp3) is 0.235. The molecule has 0 fully saturated rings. The lowest BCUT2D eigenvalue weighted by Crippen LogP contribution is -2.53. The minimum Gasteiger partial charge on any atom is -0.497 e. The molecule has 0 bridgehead atoms. The van der Waals surface area contributed by atoms with Crippen LogP contribution in [0.4, 0.5) is 10.1 Å². The zero-order chi connectivity index (χ0) is 32.4. The van der Waals surface area contributed by atoms with E-state index >= 15 is 0 Å². The van der Waals surface area contributed by atoms with Gasteiger partial charge in [-0.25, -0.2) is 12.8 Å². The molecule has 8 nitrogen and oxygen atoms in total. The zero-order valence-corrected chi connectivity index (χ0v) is 26.6. The van der Waals surface area contributed by atoms with Gasteiger partial charge in [-0.05, 0) is 78.2 Å². The van der Waals surface area contributed by atoms with Gasteiger partial charge in [-0.1, -0.05) is 61.0 Å². The molecule has 0 spiro atoms. The van der Waals surface area contributed by atoms with E-state index in [1.165, 1.54) is 48.4 Å². The van der Waals surface area contributed by atoms with Crippen LogP contribution in [0.5, 0.6) is 5.75 Å². The Bertz CT molecular complexity index is 1690. The molecular weight excluding hydrogens is 617 g/mol. The van der Waals surface area contributed by atoms with Crippen LogP contribution >= 0.6 is 11.6 Å². The zero-order valence-electron chi connectivity index (χ0n) is 25.0. The molecule has 0 saturated carbocycles. The standard InChI is InChI=1S/C34H35ClFN3O5S/c1-3-20-37-34(41)32(22-25-8-5-4-6-9-25)38(23-26-10-7-11-27(35)21-26)33(40)24-39(29-14-12-28(36)13-15-29)45(42,43)31-18-16-30(44-2)17-19-31/h4-19,21,32H,3,20,22-24H2,1-2H3,(H,37,41)/t32-/m1/s1. The second-order valence-corrected chi connectivity index (χ2v) is 12.6. The molecule has 11 heteroatoms. The highest BCUT2D eigenvalue weighted by Crippen LogP contribution is 2.27. The van der Waals surface area contributed by atoms with Crippen molar-refractivity contribution in [3.63, 3.8) is 0 Å². The molecule has 0 aliphatic rings. The summed E-state index contributed by atoms with van der Waals surface area (Å²) in [6.07, 6.45) is 0.870. The van der Waals surface area contributed by atoms with Crippen molar-refractivity contribution in [2.24, 2.45) is 0 Å². The maximum atomic E-state index is 14.4. The minimum atomic E-state index is -4.33. The van der Waals surface area contributed by atoms with E-state index in [4.69, 9.17) is 16.3 Å². The molecule has 0 aromatic heterocycles. The summed E-state index contributed by atoms with van der Waals surface area (Å²) < 4.78 is 48.1. The fourth-order valence-corrected chi connectivity index (χ4v) is 6.39. The number of hydrogen-bond donors (Lipinski definition) is 1. The van der Waals surface area contributed by atoms with Gasteiger partial charge >= 0.3 is 0 Å². The van der Waals surface area contributed by atoms with Crippen LogP contribution in [0.2, 0.25) is 5.02 Å². The van der Waals surface area contributed by atoms with E-state index in [9.17, 15) is 22.4 Å². The quantitative estimate of drug-likeness (QED) is 0.185. The molecular formula is C34H35ClFN3O5S. The molecule has 0 aliphatic heterocycles. The monoisotopic (exact) mass is 651 g/mol. The summed E-state index contributed by atoms with van der Waals surface area (Å²) in [6.45, 7) is 1.64. The average molecular weight is 652 g/mol. The topological polar surface area (TPSA) is 96.0 Å². The van der Waals surface area contributed by atoms with Crippen LogP contribution in [0.3, 0.4) is 0 Å². The largest absolute Gasteiger partial charge is 0.497 e. The number of sulfonamides is 1. The van der Waals surface area contributed by atoms with Gasteiger partial charge < -0.3 is 15.0 Å². The molecule has 2 amide bonds. The van der Waals surface area contributed by atoms with Crippen LogP contribution in [-0.4, -0.2) is 51.4 Å². The Balaban J connectivity index is 1.79. The summed E-state index contributed by atoms with van der Waals surface area (Å²) in [5.74, 6) is -1.12. The SMILES string of the molecule is CCCNC(=O)[C@@H](Cc1ccccc1)N(Cc1cccc(Cl)c1)C(=O)CN(c1ccc(F)cc1)S(=O)(=O)c1ccc(OC)cc1. The van der Waals surface area contributed by atoms with E-state index in [0.29, 0.717) is 29.3 Å². The lowest BCUT2D eigenvalue weighted by molar-refractivity contribution is -0.140. The summed E-state index contributed by atoms with van der Waals surface area (Å²) in [6, 6.07) is 25.8. The van der Waals surface area contributed by atoms with Crippen molar-refractivity contribution in [2.45, 2.75) is 37.2 Å². The number of nitrogens with one attached hydrogen (secondary N) is 1. The highest BCUT2D eigenvalue weighted by molar-refractivity contribution is 7.92. The second-order valence-electron chi connectivity index (χ2n) is 10.3. The third kappa shape index (κ3) is 8.83. The van der Waals surface area contributed by atoms with E-state index in [1.807, 2.05) is 37.3 Å². The number of nitrogens with zero attached hydrogens (tertiary/aromatic N) is 2. The van der Waals surface area contributed by atoms with Crippen molar-refractivity contribution in [1.29, 1.82) is 0 Å². The van der Waals surface area contributed by atoms with Crippen molar-refractivity contribution in [2.75, 3.05) is 24.5 Å². The number of benzene rings is 4. The average Bonchev–Trinajstić information content (AvgIpc) is 3.05. The van der Waals surface area contributed by atoms with Gasteiger partial charge in [-0.2, -0.15) is 0 Å². The Kier molecular flexibility index (Phi) is 11.6. The number of halogens is 2. The third-order valence-electron chi connectivity index (χ3n) is 7.10. The highest BCUT2D eigenvalue weighted by atomic mass is 35.5. The molecule has 0 unspecified atom stereocenters. The number of hydrogen-bond acceptors (Lipinski definition) is 5. The van der Waals surface area contributed by atoms with Gasteiger partial charge in [-0.15, -0.1) is 0 Å². The fourth-order valence-electron chi connectivity index (χ4n) is 4.76. The summed E-state index contributed by atoms with van der Waals surface area (Å²) in [4.78, 5) is 29.3. The smallest absolute Gasteiger partial charge is 0.264 e. The van der Waals surface area contributed by atoms with Gasteiger partial charge in [0.05, 0.1) is 17.7 Å². The Morgan fingerprint density at radius 2 is 1.58 bits per heavy atom. The molecule has 0 aliphatic carbocycles. The lowest BCUT2D eigenvalue weighted by atomic mass is 10.0. The van der Waals surface area contributed by atoms with Gasteiger partial charge in [0.15, 0.2) is 0 Å². The first-order valence-electron chi connectivity index (χ1n) is 14.4. The number of methoxy groups -OCH3 is 1. The summed E-state index contributed by atoms with van der Waals surface area (Å²) >= 11 is 6.26. The van der Waals surface area contributed by atoms with Crippen molar-refractivity contribution >= 4 is 39.1 Å². The Hall–Kier alpha value is -4.41. The van der Waals surface area contributed by atoms with Gasteiger partial charge in [0.25, 0.3) is 10.0 Å². The molecule has 45 heavy (non-hydrogen) atoms. The number of carbonyl (C=O) groups is 2. The molecule has 0 saturated heterocycles. The van der Waals surface area contributed by atoms with Crippen molar-refractivity contribution in [3.05, 3.63) is 125 Å². The Morgan fingerprint density at radius 1 is 0.911 bits per heavy atom. The van der Waals surface area contributed by atoms with Crippen LogP contribution < -0.4 is 14.4 Å². The van der Waals surface area contributed by atoms with Crippen LogP contribution in [-0.2, 0) is 32.6 Å². The second kappa shape index (κ2) is 15.5. The van der Waals surface area contributed by atoms with Crippen LogP contribution in [0.25, 0.3) is 0 Å². The van der Waals surface area contributed by atoms with Gasteiger partial charge in [0.2, 0.25) is 11.8 Å². The first kappa shape index (κ1) is 33.5. The normalized spacial score (nSPS) is 11.8. The first-order valence-corrected chi connectivity index (χ1v) is 16.2. The molecule has 1 atom stereocenters. The highest BCUT2D eigenvalue weighted by Gasteiger charge is 2.34. The van der Waals surface area contributed by atoms with E-state index < -0.39 is 34.3 Å². The third-order valence-corrected chi connectivity index (χ3v) is 9.13. The van der Waals surface area contributed by atoms with E-state index in [1.54, 1.807) is 24.3 Å². The number of amides is 2. The van der Waals surface area contributed by atoms with Gasteiger partial charge in [0, 0.05) is 24.5 Å². The van der Waals surface area contributed by atoms with Crippen LogP contribution in [0.1, 0.15) is 24.5 Å². The number of anilines is 1. The van der Waals surface area contributed by atoms with Crippen LogP contribution in [0.15, 0.2) is 108 Å². The lowest BCUT2D eigenvalue weighted by Gasteiger charge is -2.34. The minimum absolute atomic E-state index is 0.0176. The molecule has 4 rings (SSSR count). The predicted molar refractivity (Wildman–Crippen MR) is 173 cm³/mol. The summed E-state index contributed by atoms with van der Waals surface area (Å²) in [5, 5.41) is 3.35. The first-order chi connectivity index (χ1) is 21.6. The molecule has 0 heterocycles. The molecule has 4 aromatic carbocycles. The number of ether oxygens (including phenoxy) is 1. The summed E-state index contributed by atoms with van der Waals surface area (Å²) in [7, 11) is -2.87. The molecule has 236 valence electrons. The number of rotatable bonds is 14. The molecule has 4 aromatic rings. The maximum Gasteiger partial charge on any atom is 0.264 e. The maximum absolute atomic E-state index is 14.4. The molecule has 1 N–H and O–H groups in total. The number of carbonyl (C=O) groups excluding carboxylic acids is 2. The van der Waals surface area contributed by atoms with E-state index in [2.05, 4.69) is 5.32 Å². The molecule has 0 radical (unpaired) electrons. The van der Waals surface area contributed by atoms with Crippen LogP contribution in [0, 0.1) is 5.82 Å². The van der Waals surface area contributed by atoms with Crippen molar-refractivity contribution in [3.8, 4) is 5.75 Å². The van der Waals surface area contributed by atoms with Crippen molar-refractivity contribution in [1.82, 2.24) is 10.2 Å².